The zero-order valence-electron chi connectivity index (χ0n) is 10.1. The Bertz CT molecular complexity index is 404. The van der Waals surface area contributed by atoms with Gasteiger partial charge in [-0.1, -0.05) is 12.1 Å². The molecule has 0 saturated carbocycles. The molecule has 2 N–H and O–H groups in total. The lowest BCUT2D eigenvalue weighted by Gasteiger charge is -2.32. The van der Waals surface area contributed by atoms with E-state index in [0.29, 0.717) is 19.5 Å². The summed E-state index contributed by atoms with van der Waals surface area (Å²) in [4.78, 5) is 13.4. The van der Waals surface area contributed by atoms with Gasteiger partial charge >= 0.3 is 0 Å². The number of hydrogen-bond acceptors (Lipinski definition) is 4. The van der Waals surface area contributed by atoms with E-state index < -0.39 is 0 Å². The first-order chi connectivity index (χ1) is 8.69. The van der Waals surface area contributed by atoms with E-state index in [2.05, 4.69) is 0 Å². The van der Waals surface area contributed by atoms with Crippen molar-refractivity contribution in [1.29, 1.82) is 0 Å². The second kappa shape index (κ2) is 5.84. The number of nitrogens with zero attached hydrogens (tertiary/aromatic N) is 1. The van der Waals surface area contributed by atoms with Crippen LogP contribution in [0.2, 0.25) is 0 Å². The van der Waals surface area contributed by atoms with Crippen molar-refractivity contribution in [3.8, 4) is 5.75 Å². The van der Waals surface area contributed by atoms with E-state index in [4.69, 9.17) is 9.84 Å². The Hall–Kier alpha value is -1.59. The summed E-state index contributed by atoms with van der Waals surface area (Å²) in [5, 5.41) is 18.1. The first-order valence-corrected chi connectivity index (χ1v) is 5.97. The van der Waals surface area contributed by atoms with Gasteiger partial charge in [-0.3, -0.25) is 4.79 Å². The highest BCUT2D eigenvalue weighted by atomic mass is 16.5. The number of aromatic hydroxyl groups is 1. The topological polar surface area (TPSA) is 70.0 Å². The fourth-order valence-electron chi connectivity index (χ4n) is 1.97. The molecule has 1 saturated heterocycles. The molecule has 0 radical (unpaired) electrons. The third-order valence-electron chi connectivity index (χ3n) is 2.98. The molecule has 98 valence electrons. The third-order valence-corrected chi connectivity index (χ3v) is 2.98. The van der Waals surface area contributed by atoms with Crippen LogP contribution in [0.15, 0.2) is 24.3 Å². The Morgan fingerprint density at radius 2 is 2.06 bits per heavy atom. The smallest absolute Gasteiger partial charge is 0.248 e. The average molecular weight is 251 g/mol. The Kier molecular flexibility index (Phi) is 4.17. The maximum Gasteiger partial charge on any atom is 0.248 e. The van der Waals surface area contributed by atoms with Crippen molar-refractivity contribution in [3.63, 3.8) is 0 Å². The van der Waals surface area contributed by atoms with E-state index in [9.17, 15) is 9.90 Å². The van der Waals surface area contributed by atoms with Gasteiger partial charge in [-0.15, -0.1) is 0 Å². The highest BCUT2D eigenvalue weighted by Crippen LogP contribution is 2.15. The van der Waals surface area contributed by atoms with Gasteiger partial charge in [0.15, 0.2) is 0 Å². The van der Waals surface area contributed by atoms with Gasteiger partial charge in [-0.25, -0.2) is 0 Å². The maximum absolute atomic E-state index is 11.7. The van der Waals surface area contributed by atoms with Gasteiger partial charge in [-0.05, 0) is 24.1 Å². The molecule has 1 atom stereocenters. The molecule has 1 aromatic carbocycles. The first-order valence-electron chi connectivity index (χ1n) is 5.97. The number of phenolic OH excluding ortho intramolecular Hbond substituents is 1. The van der Waals surface area contributed by atoms with Gasteiger partial charge in [0.1, 0.15) is 12.4 Å². The van der Waals surface area contributed by atoms with Crippen LogP contribution >= 0.6 is 0 Å². The minimum Gasteiger partial charge on any atom is -0.508 e. The fraction of sp³-hybridized carbons (Fsp3) is 0.462. The third kappa shape index (κ3) is 3.21. The molecule has 5 nitrogen and oxygen atoms in total. The van der Waals surface area contributed by atoms with Crippen LogP contribution in [-0.4, -0.2) is 46.9 Å². The Morgan fingerprint density at radius 1 is 1.33 bits per heavy atom. The summed E-state index contributed by atoms with van der Waals surface area (Å²) in [5.41, 5.74) is 0.964. The standard InChI is InChI=1S/C13H17NO4/c15-6-5-12-8-14(13(17)9-18-12)7-10-1-3-11(16)4-2-10/h1-4,12,15-16H,5-9H2. The molecule has 0 spiro atoms. The van der Waals surface area contributed by atoms with Crippen LogP contribution in [0.25, 0.3) is 0 Å². The molecule has 5 heteroatoms. The molecular formula is C13H17NO4. The van der Waals surface area contributed by atoms with Gasteiger partial charge in [0, 0.05) is 19.7 Å². The lowest BCUT2D eigenvalue weighted by molar-refractivity contribution is -0.150. The number of carbonyl (C=O) groups is 1. The maximum atomic E-state index is 11.7. The SMILES string of the molecule is O=C1COC(CCO)CN1Cc1ccc(O)cc1. The molecule has 0 bridgehead atoms. The van der Waals surface area contributed by atoms with Crippen LogP contribution in [0, 0.1) is 0 Å². The zero-order chi connectivity index (χ0) is 13.0. The number of aliphatic hydroxyl groups is 1. The quantitative estimate of drug-likeness (QED) is 0.817. The van der Waals surface area contributed by atoms with Gasteiger partial charge < -0.3 is 19.8 Å². The normalized spacial score (nSPS) is 20.2. The van der Waals surface area contributed by atoms with Crippen molar-refractivity contribution in [2.45, 2.75) is 19.1 Å². The number of hydrogen-bond donors (Lipinski definition) is 2. The van der Waals surface area contributed by atoms with Crippen molar-refractivity contribution >= 4 is 5.91 Å². The van der Waals surface area contributed by atoms with Gasteiger partial charge in [0.25, 0.3) is 0 Å². The summed E-state index contributed by atoms with van der Waals surface area (Å²) < 4.78 is 5.33. The number of morpholine rings is 1. The Balaban J connectivity index is 1.98. The van der Waals surface area contributed by atoms with Crippen LogP contribution in [0.3, 0.4) is 0 Å². The Labute approximate surface area is 106 Å². The summed E-state index contributed by atoms with van der Waals surface area (Å²) in [7, 11) is 0. The molecule has 2 rings (SSSR count). The summed E-state index contributed by atoms with van der Waals surface area (Å²) in [5.74, 6) is 0.169. The highest BCUT2D eigenvalue weighted by Gasteiger charge is 2.25. The zero-order valence-corrected chi connectivity index (χ0v) is 10.1. The van der Waals surface area contributed by atoms with Crippen molar-refractivity contribution < 1.29 is 19.7 Å². The molecule has 18 heavy (non-hydrogen) atoms. The van der Waals surface area contributed by atoms with E-state index >= 15 is 0 Å². The van der Waals surface area contributed by atoms with Crippen molar-refractivity contribution in [2.75, 3.05) is 19.8 Å². The minimum atomic E-state index is -0.0928. The van der Waals surface area contributed by atoms with Crippen LogP contribution < -0.4 is 0 Å². The first kappa shape index (κ1) is 12.9. The molecule has 1 fully saturated rings. The Morgan fingerprint density at radius 3 is 2.72 bits per heavy atom. The van der Waals surface area contributed by atoms with Crippen LogP contribution in [0.1, 0.15) is 12.0 Å². The minimum absolute atomic E-state index is 0.0442. The summed E-state index contributed by atoms with van der Waals surface area (Å²) in [6, 6.07) is 6.79. The van der Waals surface area contributed by atoms with Crippen molar-refractivity contribution in [3.05, 3.63) is 29.8 Å². The lowest BCUT2D eigenvalue weighted by atomic mass is 10.1. The number of rotatable bonds is 4. The molecular weight excluding hydrogens is 234 g/mol. The number of carbonyl (C=O) groups excluding carboxylic acids is 1. The molecule has 0 aromatic heterocycles. The van der Waals surface area contributed by atoms with Gasteiger partial charge in [-0.2, -0.15) is 0 Å². The second-order valence-electron chi connectivity index (χ2n) is 4.39. The molecule has 1 amide bonds. The molecule has 1 heterocycles. The molecule has 1 aromatic rings. The van der Waals surface area contributed by atoms with Gasteiger partial charge in [0.2, 0.25) is 5.91 Å². The summed E-state index contributed by atoms with van der Waals surface area (Å²) in [6.07, 6.45) is 0.448. The number of phenols is 1. The predicted octanol–water partition coefficient (Wildman–Crippen LogP) is 0.502. The number of amides is 1. The van der Waals surface area contributed by atoms with E-state index in [1.807, 2.05) is 0 Å². The number of ether oxygens (including phenoxy) is 1. The van der Waals surface area contributed by atoms with Crippen LogP contribution in [0.5, 0.6) is 5.75 Å². The lowest BCUT2D eigenvalue weighted by Crippen LogP contribution is -2.46. The molecule has 1 aliphatic rings. The van der Waals surface area contributed by atoms with Crippen molar-refractivity contribution in [1.82, 2.24) is 4.90 Å². The van der Waals surface area contributed by atoms with E-state index in [1.54, 1.807) is 29.2 Å². The van der Waals surface area contributed by atoms with Crippen LogP contribution in [-0.2, 0) is 16.1 Å². The van der Waals surface area contributed by atoms with E-state index in [-0.39, 0.29) is 31.0 Å². The second-order valence-corrected chi connectivity index (χ2v) is 4.39. The number of benzene rings is 1. The molecule has 1 unspecified atom stereocenters. The van der Waals surface area contributed by atoms with Gasteiger partial charge in [0.05, 0.1) is 6.10 Å². The highest BCUT2D eigenvalue weighted by molar-refractivity contribution is 5.78. The van der Waals surface area contributed by atoms with Crippen molar-refractivity contribution in [2.24, 2.45) is 0 Å². The van der Waals surface area contributed by atoms with Crippen LogP contribution in [0.4, 0.5) is 0 Å². The number of aliphatic hydroxyl groups excluding tert-OH is 1. The summed E-state index contributed by atoms with van der Waals surface area (Å²) in [6.45, 7) is 1.14. The monoisotopic (exact) mass is 251 g/mol. The largest absolute Gasteiger partial charge is 0.508 e. The van der Waals surface area contributed by atoms with E-state index in [0.717, 1.165) is 5.56 Å². The van der Waals surface area contributed by atoms with E-state index in [1.165, 1.54) is 0 Å². The molecule has 1 aliphatic heterocycles. The predicted molar refractivity (Wildman–Crippen MR) is 65.0 cm³/mol. The average Bonchev–Trinajstić information content (AvgIpc) is 2.36. The molecule has 0 aliphatic carbocycles. The fourth-order valence-corrected chi connectivity index (χ4v) is 1.97. The summed E-state index contributed by atoms with van der Waals surface area (Å²) >= 11 is 0.